The van der Waals surface area contributed by atoms with Crippen LogP contribution in [0.3, 0.4) is 0 Å². The van der Waals surface area contributed by atoms with Gasteiger partial charge in [-0.2, -0.15) is 10.4 Å². The Balaban J connectivity index is 2.83. The average Bonchev–Trinajstić information content (AvgIpc) is 2.64. The monoisotopic (exact) mass is 171 g/mol. The molecule has 0 aromatic carbocycles. The first-order valence-electron chi connectivity index (χ1n) is 4.22. The first kappa shape index (κ1) is 7.81. The maximum absolute atomic E-state index is 8.81. The lowest BCUT2D eigenvalue weighted by molar-refractivity contribution is 0.928. The van der Waals surface area contributed by atoms with Crippen LogP contribution in [0.1, 0.15) is 18.2 Å². The van der Waals surface area contributed by atoms with Crippen molar-refractivity contribution in [1.29, 1.82) is 5.26 Å². The number of hydrogen-bond acceptors (Lipinski definition) is 2. The van der Waals surface area contributed by atoms with Crippen molar-refractivity contribution in [3.05, 3.63) is 35.7 Å². The third-order valence-electron chi connectivity index (χ3n) is 2.14. The van der Waals surface area contributed by atoms with Gasteiger partial charge in [0.25, 0.3) is 0 Å². The second-order valence-corrected chi connectivity index (χ2v) is 2.84. The Bertz CT molecular complexity index is 476. The minimum absolute atomic E-state index is 0.581. The SMILES string of the molecule is CCc1ccc(C#N)n2nccc12. The predicted molar refractivity (Wildman–Crippen MR) is 49.3 cm³/mol. The minimum atomic E-state index is 0.581. The Hall–Kier alpha value is -1.82. The van der Waals surface area contributed by atoms with E-state index in [0.717, 1.165) is 11.9 Å². The topological polar surface area (TPSA) is 41.1 Å². The van der Waals surface area contributed by atoms with Crippen molar-refractivity contribution < 1.29 is 0 Å². The smallest absolute Gasteiger partial charge is 0.142 e. The Kier molecular flexibility index (Phi) is 1.75. The molecule has 0 saturated carbocycles. The second kappa shape index (κ2) is 2.91. The summed E-state index contributed by atoms with van der Waals surface area (Å²) in [6, 6.07) is 7.82. The Morgan fingerprint density at radius 3 is 3.00 bits per heavy atom. The van der Waals surface area contributed by atoms with Gasteiger partial charge in [0.05, 0.1) is 11.7 Å². The molecule has 13 heavy (non-hydrogen) atoms. The molecular formula is C10H9N3. The van der Waals surface area contributed by atoms with E-state index >= 15 is 0 Å². The van der Waals surface area contributed by atoms with Gasteiger partial charge in [-0.25, -0.2) is 4.52 Å². The summed E-state index contributed by atoms with van der Waals surface area (Å²) in [5.41, 5.74) is 2.83. The number of aryl methyl sites for hydroxylation is 1. The van der Waals surface area contributed by atoms with E-state index in [1.807, 2.05) is 12.1 Å². The summed E-state index contributed by atoms with van der Waals surface area (Å²) < 4.78 is 1.68. The Morgan fingerprint density at radius 2 is 2.31 bits per heavy atom. The van der Waals surface area contributed by atoms with Gasteiger partial charge in [0.2, 0.25) is 0 Å². The summed E-state index contributed by atoms with van der Waals surface area (Å²) in [5, 5.41) is 12.9. The van der Waals surface area contributed by atoms with Crippen molar-refractivity contribution in [2.24, 2.45) is 0 Å². The molecule has 0 N–H and O–H groups in total. The molecule has 0 saturated heterocycles. The van der Waals surface area contributed by atoms with E-state index in [9.17, 15) is 0 Å². The highest BCUT2D eigenvalue weighted by Gasteiger charge is 2.03. The van der Waals surface area contributed by atoms with Gasteiger partial charge >= 0.3 is 0 Å². The zero-order chi connectivity index (χ0) is 9.26. The quantitative estimate of drug-likeness (QED) is 0.656. The summed E-state index contributed by atoms with van der Waals surface area (Å²) in [7, 11) is 0. The Morgan fingerprint density at radius 1 is 1.46 bits per heavy atom. The van der Waals surface area contributed by atoms with E-state index in [1.165, 1.54) is 5.56 Å². The zero-order valence-corrected chi connectivity index (χ0v) is 7.36. The van der Waals surface area contributed by atoms with Crippen LogP contribution in [0.4, 0.5) is 0 Å². The van der Waals surface area contributed by atoms with E-state index in [0.29, 0.717) is 5.69 Å². The molecule has 0 aliphatic rings. The van der Waals surface area contributed by atoms with Crippen LogP contribution < -0.4 is 0 Å². The van der Waals surface area contributed by atoms with Gasteiger partial charge in [0.15, 0.2) is 0 Å². The van der Waals surface area contributed by atoms with Crippen LogP contribution in [0.25, 0.3) is 5.52 Å². The number of aromatic nitrogens is 2. The summed E-state index contributed by atoms with van der Waals surface area (Å²) >= 11 is 0. The maximum atomic E-state index is 8.81. The number of fused-ring (bicyclic) bond motifs is 1. The summed E-state index contributed by atoms with van der Waals surface area (Å²) in [6.45, 7) is 2.09. The van der Waals surface area contributed by atoms with Gasteiger partial charge in [-0.1, -0.05) is 13.0 Å². The number of rotatable bonds is 1. The minimum Gasteiger partial charge on any atom is -0.223 e. The van der Waals surface area contributed by atoms with E-state index < -0.39 is 0 Å². The fourth-order valence-corrected chi connectivity index (χ4v) is 1.46. The fourth-order valence-electron chi connectivity index (χ4n) is 1.46. The van der Waals surface area contributed by atoms with Crippen molar-refractivity contribution >= 4 is 5.52 Å². The highest BCUT2D eigenvalue weighted by atomic mass is 15.2. The Labute approximate surface area is 76.2 Å². The standard InChI is InChI=1S/C10H9N3/c1-2-8-3-4-9(7-11)13-10(8)5-6-12-13/h3-6H,2H2,1H3. The van der Waals surface area contributed by atoms with Crippen molar-refractivity contribution in [2.75, 3.05) is 0 Å². The molecule has 3 nitrogen and oxygen atoms in total. The van der Waals surface area contributed by atoms with Crippen LogP contribution in [0.2, 0.25) is 0 Å². The normalized spacial score (nSPS) is 10.2. The van der Waals surface area contributed by atoms with Gasteiger partial charge in [-0.3, -0.25) is 0 Å². The zero-order valence-electron chi connectivity index (χ0n) is 7.36. The van der Waals surface area contributed by atoms with Gasteiger partial charge in [0, 0.05) is 0 Å². The molecule has 0 aliphatic carbocycles. The summed E-state index contributed by atoms with van der Waals surface area (Å²) in [5.74, 6) is 0. The molecule has 0 spiro atoms. The molecule has 2 heterocycles. The highest BCUT2D eigenvalue weighted by Crippen LogP contribution is 2.12. The third-order valence-corrected chi connectivity index (χ3v) is 2.14. The lowest BCUT2D eigenvalue weighted by Gasteiger charge is -2.01. The molecule has 0 radical (unpaired) electrons. The lowest BCUT2D eigenvalue weighted by Crippen LogP contribution is -1.96. The molecule has 0 bridgehead atoms. The summed E-state index contributed by atoms with van der Waals surface area (Å²) in [4.78, 5) is 0. The number of hydrogen-bond donors (Lipinski definition) is 0. The van der Waals surface area contributed by atoms with Gasteiger partial charge in [0.1, 0.15) is 11.8 Å². The van der Waals surface area contributed by atoms with E-state index in [-0.39, 0.29) is 0 Å². The maximum Gasteiger partial charge on any atom is 0.142 e. The molecule has 2 aromatic heterocycles. The number of pyridine rings is 1. The van der Waals surface area contributed by atoms with Crippen LogP contribution >= 0.6 is 0 Å². The van der Waals surface area contributed by atoms with Gasteiger partial charge < -0.3 is 0 Å². The van der Waals surface area contributed by atoms with Crippen LogP contribution in [-0.2, 0) is 6.42 Å². The molecule has 2 rings (SSSR count). The van der Waals surface area contributed by atoms with Crippen molar-refractivity contribution in [3.63, 3.8) is 0 Å². The van der Waals surface area contributed by atoms with Crippen molar-refractivity contribution in [2.45, 2.75) is 13.3 Å². The van der Waals surface area contributed by atoms with Gasteiger partial charge in [-0.05, 0) is 24.1 Å². The third kappa shape index (κ3) is 1.07. The average molecular weight is 171 g/mol. The van der Waals surface area contributed by atoms with E-state index in [4.69, 9.17) is 5.26 Å². The van der Waals surface area contributed by atoms with Crippen molar-refractivity contribution in [1.82, 2.24) is 9.61 Å². The number of nitrogens with zero attached hydrogens (tertiary/aromatic N) is 3. The lowest BCUT2D eigenvalue weighted by atomic mass is 10.1. The molecule has 0 amide bonds. The first-order valence-corrected chi connectivity index (χ1v) is 4.22. The molecule has 0 aliphatic heterocycles. The van der Waals surface area contributed by atoms with Gasteiger partial charge in [-0.15, -0.1) is 0 Å². The van der Waals surface area contributed by atoms with E-state index in [2.05, 4.69) is 18.1 Å². The molecule has 3 heteroatoms. The van der Waals surface area contributed by atoms with Crippen LogP contribution in [0, 0.1) is 11.3 Å². The predicted octanol–water partition coefficient (Wildman–Crippen LogP) is 1.77. The summed E-state index contributed by atoms with van der Waals surface area (Å²) in [6.07, 6.45) is 2.68. The first-order chi connectivity index (χ1) is 6.36. The molecular weight excluding hydrogens is 162 g/mol. The molecule has 0 unspecified atom stereocenters. The molecule has 0 fully saturated rings. The van der Waals surface area contributed by atoms with Crippen LogP contribution in [-0.4, -0.2) is 9.61 Å². The van der Waals surface area contributed by atoms with Crippen LogP contribution in [0.5, 0.6) is 0 Å². The second-order valence-electron chi connectivity index (χ2n) is 2.84. The highest BCUT2D eigenvalue weighted by molar-refractivity contribution is 5.56. The largest absolute Gasteiger partial charge is 0.223 e. The molecule has 2 aromatic rings. The van der Waals surface area contributed by atoms with E-state index in [1.54, 1.807) is 16.8 Å². The number of nitriles is 1. The van der Waals surface area contributed by atoms with Crippen molar-refractivity contribution in [3.8, 4) is 6.07 Å². The van der Waals surface area contributed by atoms with Crippen LogP contribution in [0.15, 0.2) is 24.4 Å². The fraction of sp³-hybridized carbons (Fsp3) is 0.200. The molecule has 64 valence electrons. The molecule has 0 atom stereocenters.